The second-order valence-electron chi connectivity index (χ2n) is 7.88. The van der Waals surface area contributed by atoms with E-state index in [1.807, 2.05) is 18.2 Å². The summed E-state index contributed by atoms with van der Waals surface area (Å²) in [6.45, 7) is 7.83. The van der Waals surface area contributed by atoms with E-state index in [4.69, 9.17) is 4.74 Å². The number of nitrogens with one attached hydrogen (secondary N) is 2. The van der Waals surface area contributed by atoms with Gasteiger partial charge in [0.1, 0.15) is 11.8 Å². The Morgan fingerprint density at radius 3 is 2.36 bits per heavy atom. The molecule has 5 heteroatoms. The highest BCUT2D eigenvalue weighted by molar-refractivity contribution is 5.98. The van der Waals surface area contributed by atoms with Crippen LogP contribution in [0.15, 0.2) is 18.2 Å². The van der Waals surface area contributed by atoms with Crippen LogP contribution < -0.4 is 15.4 Å². The van der Waals surface area contributed by atoms with Gasteiger partial charge in [0, 0.05) is 6.92 Å². The molecule has 0 spiro atoms. The maximum Gasteiger partial charge on any atom is 0.247 e. The highest BCUT2D eigenvalue weighted by atomic mass is 16.5. The van der Waals surface area contributed by atoms with Gasteiger partial charge in [0.15, 0.2) is 0 Å². The summed E-state index contributed by atoms with van der Waals surface area (Å²) in [5, 5.41) is 5.81. The van der Waals surface area contributed by atoms with Crippen LogP contribution in [0, 0.1) is 5.92 Å². The van der Waals surface area contributed by atoms with Gasteiger partial charge in [-0.1, -0.05) is 39.7 Å². The van der Waals surface area contributed by atoms with E-state index in [1.165, 1.54) is 6.92 Å². The highest BCUT2D eigenvalue weighted by Gasteiger charge is 2.32. The Morgan fingerprint density at radius 1 is 1.20 bits per heavy atom. The molecule has 0 saturated heterocycles. The van der Waals surface area contributed by atoms with Gasteiger partial charge in [0.2, 0.25) is 11.8 Å². The fourth-order valence-corrected chi connectivity index (χ4v) is 3.39. The average Bonchev–Trinajstić information content (AvgIpc) is 3.05. The molecule has 0 bridgehead atoms. The number of rotatable bonds is 5. The van der Waals surface area contributed by atoms with Crippen molar-refractivity contribution in [3.8, 4) is 5.75 Å². The quantitative estimate of drug-likeness (QED) is 0.855. The van der Waals surface area contributed by atoms with Crippen molar-refractivity contribution in [2.75, 3.05) is 12.4 Å². The molecule has 25 heavy (non-hydrogen) atoms. The molecule has 0 radical (unpaired) electrons. The molecule has 1 aliphatic rings. The molecule has 0 aliphatic heterocycles. The minimum Gasteiger partial charge on any atom is -0.495 e. The topological polar surface area (TPSA) is 67.4 Å². The van der Waals surface area contributed by atoms with Gasteiger partial charge in [0.05, 0.1) is 12.8 Å². The lowest BCUT2D eigenvalue weighted by Crippen LogP contribution is -2.47. The van der Waals surface area contributed by atoms with E-state index >= 15 is 0 Å². The summed E-state index contributed by atoms with van der Waals surface area (Å²) < 4.78 is 5.40. The van der Waals surface area contributed by atoms with Gasteiger partial charge in [-0.05, 0) is 41.9 Å². The average molecular weight is 346 g/mol. The largest absolute Gasteiger partial charge is 0.495 e. The fourth-order valence-electron chi connectivity index (χ4n) is 3.39. The predicted octanol–water partition coefficient (Wildman–Crippen LogP) is 3.63. The monoisotopic (exact) mass is 346 g/mol. The van der Waals surface area contributed by atoms with Crippen LogP contribution in [0.25, 0.3) is 0 Å². The number of hydrogen-bond donors (Lipinski definition) is 2. The second-order valence-corrected chi connectivity index (χ2v) is 7.88. The SMILES string of the molecule is COc1ccc(C(C)(C)C)cc1NC(=O)[C@@H](NC(C)=O)C1CCCC1. The molecule has 1 aliphatic carbocycles. The molecule has 0 unspecified atom stereocenters. The first kappa shape index (κ1) is 19.3. The Kier molecular flexibility index (Phi) is 6.09. The van der Waals surface area contributed by atoms with Gasteiger partial charge < -0.3 is 15.4 Å². The zero-order chi connectivity index (χ0) is 18.6. The standard InChI is InChI=1S/C20H30N2O3/c1-13(23)21-18(14-8-6-7-9-14)19(24)22-16-12-15(20(2,3)4)10-11-17(16)25-5/h10-12,14,18H,6-9H2,1-5H3,(H,21,23)(H,22,24)/t18-/m0/s1. The van der Waals surface area contributed by atoms with E-state index in [1.54, 1.807) is 7.11 Å². The highest BCUT2D eigenvalue weighted by Crippen LogP contribution is 2.33. The fraction of sp³-hybridized carbons (Fsp3) is 0.600. The van der Waals surface area contributed by atoms with Crippen molar-refractivity contribution < 1.29 is 14.3 Å². The third kappa shape index (κ3) is 4.97. The second kappa shape index (κ2) is 7.89. The minimum atomic E-state index is -0.497. The Morgan fingerprint density at radius 2 is 1.84 bits per heavy atom. The number of carbonyl (C=O) groups excluding carboxylic acids is 2. The lowest BCUT2D eigenvalue weighted by Gasteiger charge is -2.25. The van der Waals surface area contributed by atoms with Gasteiger partial charge >= 0.3 is 0 Å². The van der Waals surface area contributed by atoms with Gasteiger partial charge in [-0.25, -0.2) is 0 Å². The maximum absolute atomic E-state index is 12.9. The van der Waals surface area contributed by atoms with Crippen molar-refractivity contribution in [1.29, 1.82) is 0 Å². The van der Waals surface area contributed by atoms with Crippen molar-refractivity contribution in [1.82, 2.24) is 5.32 Å². The molecular weight excluding hydrogens is 316 g/mol. The van der Waals surface area contributed by atoms with Crippen LogP contribution >= 0.6 is 0 Å². The summed E-state index contributed by atoms with van der Waals surface area (Å²) in [7, 11) is 1.59. The molecule has 1 saturated carbocycles. The van der Waals surface area contributed by atoms with Crippen LogP contribution in [-0.4, -0.2) is 25.0 Å². The Bertz CT molecular complexity index is 628. The summed E-state index contributed by atoms with van der Waals surface area (Å²) >= 11 is 0. The van der Waals surface area contributed by atoms with Gasteiger partial charge in [0.25, 0.3) is 0 Å². The third-order valence-electron chi connectivity index (χ3n) is 4.84. The molecule has 2 rings (SSSR count). The third-order valence-corrected chi connectivity index (χ3v) is 4.84. The van der Waals surface area contributed by atoms with Gasteiger partial charge in [-0.3, -0.25) is 9.59 Å². The lowest BCUT2D eigenvalue weighted by atomic mass is 9.86. The van der Waals surface area contributed by atoms with Crippen LogP contribution in [0.5, 0.6) is 5.75 Å². The maximum atomic E-state index is 12.9. The van der Waals surface area contributed by atoms with E-state index in [0.29, 0.717) is 11.4 Å². The lowest BCUT2D eigenvalue weighted by molar-refractivity contribution is -0.126. The summed E-state index contributed by atoms with van der Waals surface area (Å²) in [4.78, 5) is 24.4. The Balaban J connectivity index is 2.25. The minimum absolute atomic E-state index is 0.0335. The van der Waals surface area contributed by atoms with Gasteiger partial charge in [-0.15, -0.1) is 0 Å². The molecule has 2 amide bonds. The number of carbonyl (C=O) groups is 2. The van der Waals surface area contributed by atoms with Crippen molar-refractivity contribution in [2.45, 2.75) is 64.8 Å². The molecule has 0 heterocycles. The van der Waals surface area contributed by atoms with Crippen LogP contribution in [-0.2, 0) is 15.0 Å². The normalized spacial score (nSPS) is 16.4. The van der Waals surface area contributed by atoms with Crippen molar-refractivity contribution in [2.24, 2.45) is 5.92 Å². The molecule has 1 atom stereocenters. The summed E-state index contributed by atoms with van der Waals surface area (Å²) in [6, 6.07) is 5.34. The van der Waals surface area contributed by atoms with E-state index < -0.39 is 6.04 Å². The van der Waals surface area contributed by atoms with E-state index in [2.05, 4.69) is 31.4 Å². The van der Waals surface area contributed by atoms with Crippen LogP contribution in [0.3, 0.4) is 0 Å². The zero-order valence-corrected chi connectivity index (χ0v) is 15.9. The van der Waals surface area contributed by atoms with Crippen LogP contribution in [0.2, 0.25) is 0 Å². The molecule has 1 aromatic rings. The first-order valence-corrected chi connectivity index (χ1v) is 8.99. The van der Waals surface area contributed by atoms with E-state index in [9.17, 15) is 9.59 Å². The number of amides is 2. The number of hydrogen-bond acceptors (Lipinski definition) is 3. The van der Waals surface area contributed by atoms with Crippen LogP contribution in [0.4, 0.5) is 5.69 Å². The summed E-state index contributed by atoms with van der Waals surface area (Å²) in [5.41, 5.74) is 1.72. The number of methoxy groups -OCH3 is 1. The van der Waals surface area contributed by atoms with Crippen molar-refractivity contribution >= 4 is 17.5 Å². The van der Waals surface area contributed by atoms with Gasteiger partial charge in [-0.2, -0.15) is 0 Å². The Hall–Kier alpha value is -2.04. The zero-order valence-electron chi connectivity index (χ0n) is 15.9. The number of anilines is 1. The van der Waals surface area contributed by atoms with Crippen molar-refractivity contribution in [3.63, 3.8) is 0 Å². The predicted molar refractivity (Wildman–Crippen MR) is 99.9 cm³/mol. The molecule has 138 valence electrons. The summed E-state index contributed by atoms with van der Waals surface area (Å²) in [6.07, 6.45) is 4.16. The molecule has 2 N–H and O–H groups in total. The van der Waals surface area contributed by atoms with E-state index in [-0.39, 0.29) is 23.1 Å². The van der Waals surface area contributed by atoms with E-state index in [0.717, 1.165) is 31.2 Å². The first-order valence-electron chi connectivity index (χ1n) is 8.99. The smallest absolute Gasteiger partial charge is 0.247 e. The number of benzene rings is 1. The van der Waals surface area contributed by atoms with Crippen LogP contribution in [0.1, 0.15) is 58.9 Å². The Labute approximate surface area is 150 Å². The molecule has 1 fully saturated rings. The molecule has 1 aromatic carbocycles. The number of ether oxygens (including phenoxy) is 1. The summed E-state index contributed by atoms with van der Waals surface area (Å²) in [5.74, 6) is 0.462. The first-order chi connectivity index (χ1) is 11.7. The van der Waals surface area contributed by atoms with Crippen molar-refractivity contribution in [3.05, 3.63) is 23.8 Å². The molecule has 0 aromatic heterocycles. The molecule has 5 nitrogen and oxygen atoms in total. The molecular formula is C20H30N2O3.